The quantitative estimate of drug-likeness (QED) is 0.767. The normalized spacial score (nSPS) is 18.2. The molecule has 0 saturated heterocycles. The standard InChI is InChI=1S/C11H14BrN.ClH/c1-11(2)6-9-8(7-13-11)4-3-5-10(9)12;/h3-5,13H,6-7H2,1-2H3;1H. The Bertz CT molecular complexity index is 336. The Hall–Kier alpha value is -0.0500. The molecule has 3 heteroatoms. The fourth-order valence-electron chi connectivity index (χ4n) is 1.81. The minimum absolute atomic E-state index is 0. The second-order valence-electron chi connectivity index (χ2n) is 4.29. The fourth-order valence-corrected chi connectivity index (χ4v) is 2.35. The first kappa shape index (κ1) is 12.0. The summed E-state index contributed by atoms with van der Waals surface area (Å²) in [6, 6.07) is 6.42. The van der Waals surface area contributed by atoms with Crippen molar-refractivity contribution >= 4 is 28.3 Å². The van der Waals surface area contributed by atoms with Crippen molar-refractivity contribution in [3.05, 3.63) is 33.8 Å². The van der Waals surface area contributed by atoms with E-state index in [1.165, 1.54) is 15.6 Å². The summed E-state index contributed by atoms with van der Waals surface area (Å²) in [5, 5.41) is 3.52. The first-order chi connectivity index (χ1) is 6.08. The van der Waals surface area contributed by atoms with Crippen LogP contribution in [0.5, 0.6) is 0 Å². The van der Waals surface area contributed by atoms with Gasteiger partial charge in [0, 0.05) is 16.6 Å². The van der Waals surface area contributed by atoms with Crippen molar-refractivity contribution in [2.75, 3.05) is 0 Å². The second kappa shape index (κ2) is 4.21. The van der Waals surface area contributed by atoms with Gasteiger partial charge in [0.2, 0.25) is 0 Å². The van der Waals surface area contributed by atoms with Gasteiger partial charge in [-0.05, 0) is 37.5 Å². The van der Waals surface area contributed by atoms with E-state index in [1.807, 2.05) is 0 Å². The molecule has 1 aromatic rings. The highest BCUT2D eigenvalue weighted by Crippen LogP contribution is 2.28. The third-order valence-electron chi connectivity index (χ3n) is 2.59. The summed E-state index contributed by atoms with van der Waals surface area (Å²) in [5.41, 5.74) is 3.12. The van der Waals surface area contributed by atoms with Crippen LogP contribution < -0.4 is 5.32 Å². The lowest BCUT2D eigenvalue weighted by atomic mass is 9.88. The molecule has 0 saturated carbocycles. The van der Waals surface area contributed by atoms with E-state index in [-0.39, 0.29) is 17.9 Å². The molecule has 1 aliphatic rings. The van der Waals surface area contributed by atoms with Crippen LogP contribution in [-0.2, 0) is 13.0 Å². The van der Waals surface area contributed by atoms with E-state index in [9.17, 15) is 0 Å². The Morgan fingerprint density at radius 1 is 1.36 bits per heavy atom. The van der Waals surface area contributed by atoms with Crippen LogP contribution in [0.3, 0.4) is 0 Å². The zero-order valence-corrected chi connectivity index (χ0v) is 10.8. The van der Waals surface area contributed by atoms with Crippen molar-refractivity contribution in [2.45, 2.75) is 32.4 Å². The lowest BCUT2D eigenvalue weighted by Gasteiger charge is -2.33. The summed E-state index contributed by atoms with van der Waals surface area (Å²) in [7, 11) is 0. The molecular weight excluding hydrogens is 261 g/mol. The van der Waals surface area contributed by atoms with Crippen molar-refractivity contribution in [1.82, 2.24) is 5.32 Å². The van der Waals surface area contributed by atoms with E-state index < -0.39 is 0 Å². The Kier molecular flexibility index (Phi) is 3.62. The van der Waals surface area contributed by atoms with E-state index >= 15 is 0 Å². The van der Waals surface area contributed by atoms with Crippen LogP contribution in [0.2, 0.25) is 0 Å². The zero-order valence-electron chi connectivity index (χ0n) is 8.43. The maximum atomic E-state index is 3.61. The molecule has 78 valence electrons. The summed E-state index contributed by atoms with van der Waals surface area (Å²) < 4.78 is 1.25. The summed E-state index contributed by atoms with van der Waals surface area (Å²) in [4.78, 5) is 0. The minimum Gasteiger partial charge on any atom is -0.307 e. The number of hydrogen-bond donors (Lipinski definition) is 1. The molecule has 2 rings (SSSR count). The lowest BCUT2D eigenvalue weighted by Crippen LogP contribution is -2.44. The van der Waals surface area contributed by atoms with Gasteiger partial charge in [-0.1, -0.05) is 28.1 Å². The Labute approximate surface area is 99.8 Å². The molecule has 0 atom stereocenters. The van der Waals surface area contributed by atoms with Gasteiger partial charge in [0.1, 0.15) is 0 Å². The summed E-state index contributed by atoms with van der Waals surface area (Å²) >= 11 is 3.61. The van der Waals surface area contributed by atoms with Gasteiger partial charge in [-0.25, -0.2) is 0 Å². The number of fused-ring (bicyclic) bond motifs is 1. The van der Waals surface area contributed by atoms with Crippen LogP contribution in [0, 0.1) is 0 Å². The summed E-state index contributed by atoms with van der Waals surface area (Å²) in [5.74, 6) is 0. The van der Waals surface area contributed by atoms with Gasteiger partial charge in [0.25, 0.3) is 0 Å². The van der Waals surface area contributed by atoms with Gasteiger partial charge in [-0.3, -0.25) is 0 Å². The average molecular weight is 277 g/mol. The minimum atomic E-state index is 0. The molecule has 1 N–H and O–H groups in total. The predicted molar refractivity (Wildman–Crippen MR) is 66.0 cm³/mol. The Balaban J connectivity index is 0.000000980. The predicted octanol–water partition coefficient (Wildman–Crippen LogP) is 3.30. The maximum Gasteiger partial charge on any atom is 0.0213 e. The van der Waals surface area contributed by atoms with E-state index in [0.29, 0.717) is 0 Å². The summed E-state index contributed by atoms with van der Waals surface area (Å²) in [6.07, 6.45) is 1.10. The smallest absolute Gasteiger partial charge is 0.0213 e. The van der Waals surface area contributed by atoms with Gasteiger partial charge in [-0.15, -0.1) is 12.4 Å². The van der Waals surface area contributed by atoms with E-state index in [2.05, 4.69) is 53.3 Å². The molecule has 1 nitrogen and oxygen atoms in total. The number of benzene rings is 1. The van der Waals surface area contributed by atoms with Crippen LogP contribution in [0.1, 0.15) is 25.0 Å². The van der Waals surface area contributed by atoms with Crippen molar-refractivity contribution < 1.29 is 0 Å². The third kappa shape index (κ3) is 2.30. The van der Waals surface area contributed by atoms with Crippen LogP contribution >= 0.6 is 28.3 Å². The second-order valence-corrected chi connectivity index (χ2v) is 5.15. The van der Waals surface area contributed by atoms with Crippen LogP contribution in [0.25, 0.3) is 0 Å². The first-order valence-electron chi connectivity index (χ1n) is 4.60. The van der Waals surface area contributed by atoms with Crippen molar-refractivity contribution in [2.24, 2.45) is 0 Å². The highest BCUT2D eigenvalue weighted by atomic mass is 79.9. The van der Waals surface area contributed by atoms with E-state index in [4.69, 9.17) is 0 Å². The van der Waals surface area contributed by atoms with Gasteiger partial charge in [0.05, 0.1) is 0 Å². The largest absolute Gasteiger partial charge is 0.307 e. The Morgan fingerprint density at radius 3 is 2.79 bits per heavy atom. The molecule has 0 bridgehead atoms. The molecule has 14 heavy (non-hydrogen) atoms. The lowest BCUT2D eigenvalue weighted by molar-refractivity contribution is 0.362. The van der Waals surface area contributed by atoms with E-state index in [1.54, 1.807) is 0 Å². The molecule has 0 radical (unpaired) electrons. The molecule has 0 aliphatic carbocycles. The first-order valence-corrected chi connectivity index (χ1v) is 5.39. The van der Waals surface area contributed by atoms with Gasteiger partial charge in [-0.2, -0.15) is 0 Å². The van der Waals surface area contributed by atoms with Crippen LogP contribution in [0.4, 0.5) is 0 Å². The fraction of sp³-hybridized carbons (Fsp3) is 0.455. The third-order valence-corrected chi connectivity index (χ3v) is 3.33. The number of halogens is 2. The number of hydrogen-bond acceptors (Lipinski definition) is 1. The molecule has 0 amide bonds. The van der Waals surface area contributed by atoms with Crippen molar-refractivity contribution in [1.29, 1.82) is 0 Å². The Morgan fingerprint density at radius 2 is 2.07 bits per heavy atom. The van der Waals surface area contributed by atoms with Crippen molar-refractivity contribution in [3.8, 4) is 0 Å². The molecule has 0 aromatic heterocycles. The van der Waals surface area contributed by atoms with Gasteiger partial charge < -0.3 is 5.32 Å². The van der Waals surface area contributed by atoms with Crippen LogP contribution in [-0.4, -0.2) is 5.54 Å². The SMILES string of the molecule is CC1(C)Cc2c(Br)cccc2CN1.Cl. The molecule has 1 heterocycles. The highest BCUT2D eigenvalue weighted by molar-refractivity contribution is 9.10. The molecular formula is C11H15BrClN. The molecule has 1 aliphatic heterocycles. The topological polar surface area (TPSA) is 12.0 Å². The molecule has 0 unspecified atom stereocenters. The number of rotatable bonds is 0. The molecule has 0 fully saturated rings. The van der Waals surface area contributed by atoms with Gasteiger partial charge in [0.15, 0.2) is 0 Å². The maximum absolute atomic E-state index is 3.61. The monoisotopic (exact) mass is 275 g/mol. The number of nitrogens with one attached hydrogen (secondary N) is 1. The average Bonchev–Trinajstić information content (AvgIpc) is 2.06. The highest BCUT2D eigenvalue weighted by Gasteiger charge is 2.25. The molecule has 0 spiro atoms. The molecule has 1 aromatic carbocycles. The zero-order chi connectivity index (χ0) is 9.47. The van der Waals surface area contributed by atoms with Gasteiger partial charge >= 0.3 is 0 Å². The van der Waals surface area contributed by atoms with Crippen molar-refractivity contribution in [3.63, 3.8) is 0 Å². The van der Waals surface area contributed by atoms with E-state index in [0.717, 1.165) is 13.0 Å². The van der Waals surface area contributed by atoms with Crippen LogP contribution in [0.15, 0.2) is 22.7 Å². The summed E-state index contributed by atoms with van der Waals surface area (Å²) in [6.45, 7) is 5.48.